The van der Waals surface area contributed by atoms with Crippen LogP contribution in [0.3, 0.4) is 0 Å². The Labute approximate surface area is 86.9 Å². The van der Waals surface area contributed by atoms with Crippen molar-refractivity contribution in [2.75, 3.05) is 6.67 Å². The van der Waals surface area contributed by atoms with Crippen molar-refractivity contribution in [2.45, 2.75) is 32.8 Å². The molecule has 1 unspecified atom stereocenters. The van der Waals surface area contributed by atoms with Crippen LogP contribution in [0.15, 0.2) is 10.3 Å². The molecule has 0 N–H and O–H groups in total. The van der Waals surface area contributed by atoms with Gasteiger partial charge in [-0.25, -0.2) is 9.18 Å². The Morgan fingerprint density at radius 1 is 1.80 bits per heavy atom. The first kappa shape index (κ1) is 11.6. The van der Waals surface area contributed by atoms with Crippen molar-refractivity contribution in [1.29, 1.82) is 0 Å². The van der Waals surface area contributed by atoms with Gasteiger partial charge < -0.3 is 9.68 Å². The maximum absolute atomic E-state index is 12.0. The van der Waals surface area contributed by atoms with Gasteiger partial charge in [0.2, 0.25) is 5.60 Å². The number of hydrogen-bond acceptors (Lipinski definition) is 5. The largest absolute Gasteiger partial charge is 0.381 e. The molecule has 0 saturated heterocycles. The maximum atomic E-state index is 12.0. The third-order valence-electron chi connectivity index (χ3n) is 1.91. The molecule has 6 heteroatoms. The molecule has 0 aromatic carbocycles. The molecular formula is C9H13FN2O3. The fourth-order valence-electron chi connectivity index (χ4n) is 1.08. The van der Waals surface area contributed by atoms with Crippen LogP contribution in [0, 0.1) is 0 Å². The van der Waals surface area contributed by atoms with Gasteiger partial charge in [0.15, 0.2) is 0 Å². The molecule has 0 aromatic rings. The summed E-state index contributed by atoms with van der Waals surface area (Å²) in [5.41, 5.74) is -0.326. The molecule has 1 rings (SSSR count). The number of halogens is 1. The highest BCUT2D eigenvalue weighted by Gasteiger charge is 2.42. The lowest BCUT2D eigenvalue weighted by molar-refractivity contribution is -0.167. The van der Waals surface area contributed by atoms with Gasteiger partial charge >= 0.3 is 5.97 Å². The van der Waals surface area contributed by atoms with Crippen LogP contribution in [-0.4, -0.2) is 29.7 Å². The standard InChI is InChI=1S/C9H13FN2O3/c1-6-4-9(3,15-12-6)8(13)14-11-7(2)5-10/h4-5H2,1-3H3/b11-7+. The van der Waals surface area contributed by atoms with E-state index in [1.54, 1.807) is 13.8 Å². The van der Waals surface area contributed by atoms with Crippen LogP contribution in [-0.2, 0) is 14.5 Å². The number of nitrogens with zero attached hydrogens (tertiary/aromatic N) is 2. The summed E-state index contributed by atoms with van der Waals surface area (Å²) >= 11 is 0. The highest BCUT2D eigenvalue weighted by molar-refractivity contribution is 5.92. The summed E-state index contributed by atoms with van der Waals surface area (Å²) in [6.45, 7) is 3.97. The second kappa shape index (κ2) is 4.37. The average molecular weight is 216 g/mol. The molecule has 0 saturated carbocycles. The number of carbonyl (C=O) groups excluding carboxylic acids is 1. The summed E-state index contributed by atoms with van der Waals surface area (Å²) in [5, 5.41) is 6.97. The van der Waals surface area contributed by atoms with Crippen LogP contribution in [0.25, 0.3) is 0 Å². The van der Waals surface area contributed by atoms with Gasteiger partial charge in [0.05, 0.1) is 11.4 Å². The van der Waals surface area contributed by atoms with Crippen molar-refractivity contribution in [2.24, 2.45) is 10.3 Å². The van der Waals surface area contributed by atoms with Gasteiger partial charge in [-0.15, -0.1) is 0 Å². The van der Waals surface area contributed by atoms with Gasteiger partial charge in [-0.1, -0.05) is 10.3 Å². The zero-order valence-corrected chi connectivity index (χ0v) is 8.91. The summed E-state index contributed by atoms with van der Waals surface area (Å²) in [6, 6.07) is 0. The Kier molecular flexibility index (Phi) is 3.39. The van der Waals surface area contributed by atoms with Gasteiger partial charge in [-0.2, -0.15) is 0 Å². The molecule has 0 aliphatic carbocycles. The molecule has 15 heavy (non-hydrogen) atoms. The Morgan fingerprint density at radius 2 is 2.47 bits per heavy atom. The first-order valence-corrected chi connectivity index (χ1v) is 4.50. The van der Waals surface area contributed by atoms with E-state index < -0.39 is 18.2 Å². The maximum Gasteiger partial charge on any atom is 0.381 e. The number of oxime groups is 2. The van der Waals surface area contributed by atoms with E-state index in [0.717, 1.165) is 0 Å². The van der Waals surface area contributed by atoms with Crippen LogP contribution in [0.5, 0.6) is 0 Å². The van der Waals surface area contributed by atoms with E-state index in [-0.39, 0.29) is 5.71 Å². The van der Waals surface area contributed by atoms with Gasteiger partial charge in [-0.05, 0) is 20.8 Å². The number of carbonyl (C=O) groups is 1. The van der Waals surface area contributed by atoms with Crippen molar-refractivity contribution in [3.8, 4) is 0 Å². The Balaban J connectivity index is 2.55. The molecule has 0 aromatic heterocycles. The molecule has 1 heterocycles. The van der Waals surface area contributed by atoms with Crippen LogP contribution < -0.4 is 0 Å². The van der Waals surface area contributed by atoms with E-state index in [4.69, 9.17) is 4.84 Å². The fraction of sp³-hybridized carbons (Fsp3) is 0.667. The smallest absolute Gasteiger partial charge is 0.377 e. The Bertz CT molecular complexity index is 327. The van der Waals surface area contributed by atoms with E-state index in [9.17, 15) is 9.18 Å². The number of alkyl halides is 1. The molecule has 1 atom stereocenters. The van der Waals surface area contributed by atoms with Crippen LogP contribution >= 0.6 is 0 Å². The van der Waals surface area contributed by atoms with Crippen molar-refractivity contribution < 1.29 is 18.9 Å². The molecular weight excluding hydrogens is 203 g/mol. The van der Waals surface area contributed by atoms with Gasteiger partial charge in [-0.3, -0.25) is 0 Å². The topological polar surface area (TPSA) is 60.2 Å². The SMILES string of the molecule is CC1=NOC(C)(C(=O)O/N=C(\C)CF)C1. The normalized spacial score (nSPS) is 25.9. The third-order valence-corrected chi connectivity index (χ3v) is 1.91. The summed E-state index contributed by atoms with van der Waals surface area (Å²) in [6.07, 6.45) is 0.357. The lowest BCUT2D eigenvalue weighted by Crippen LogP contribution is -2.36. The molecule has 1 aliphatic rings. The predicted molar refractivity (Wildman–Crippen MR) is 52.4 cm³/mol. The van der Waals surface area contributed by atoms with E-state index in [1.807, 2.05) is 0 Å². The highest BCUT2D eigenvalue weighted by Crippen LogP contribution is 2.24. The lowest BCUT2D eigenvalue weighted by Gasteiger charge is -2.16. The van der Waals surface area contributed by atoms with E-state index in [1.165, 1.54) is 6.92 Å². The first-order valence-electron chi connectivity index (χ1n) is 4.50. The summed E-state index contributed by atoms with van der Waals surface area (Å²) in [5.74, 6) is -0.670. The highest BCUT2D eigenvalue weighted by atomic mass is 19.1. The molecule has 84 valence electrons. The monoisotopic (exact) mass is 216 g/mol. The van der Waals surface area contributed by atoms with E-state index in [2.05, 4.69) is 15.1 Å². The minimum Gasteiger partial charge on any atom is -0.377 e. The van der Waals surface area contributed by atoms with Crippen LogP contribution in [0.1, 0.15) is 27.2 Å². The number of hydrogen-bond donors (Lipinski definition) is 0. The zero-order valence-electron chi connectivity index (χ0n) is 8.91. The van der Waals surface area contributed by atoms with Gasteiger partial charge in [0.25, 0.3) is 0 Å². The molecule has 0 spiro atoms. The van der Waals surface area contributed by atoms with Crippen molar-refractivity contribution in [1.82, 2.24) is 0 Å². The lowest BCUT2D eigenvalue weighted by atomic mass is 10.0. The summed E-state index contributed by atoms with van der Waals surface area (Å²) in [7, 11) is 0. The van der Waals surface area contributed by atoms with Gasteiger partial charge in [0, 0.05) is 6.42 Å². The second-order valence-electron chi connectivity index (χ2n) is 3.66. The first-order chi connectivity index (χ1) is 6.98. The predicted octanol–water partition coefficient (Wildman–Crippen LogP) is 1.43. The minimum atomic E-state index is -1.13. The van der Waals surface area contributed by atoms with Crippen molar-refractivity contribution in [3.63, 3.8) is 0 Å². The number of rotatable bonds is 3. The quantitative estimate of drug-likeness (QED) is 0.407. The Hall–Kier alpha value is -1.46. The van der Waals surface area contributed by atoms with E-state index >= 15 is 0 Å². The molecule has 1 aliphatic heterocycles. The van der Waals surface area contributed by atoms with Crippen LogP contribution in [0.4, 0.5) is 4.39 Å². The molecule has 0 amide bonds. The fourth-order valence-corrected chi connectivity index (χ4v) is 1.08. The van der Waals surface area contributed by atoms with Gasteiger partial charge in [0.1, 0.15) is 6.67 Å². The third kappa shape index (κ3) is 2.74. The molecule has 0 bridgehead atoms. The summed E-state index contributed by atoms with van der Waals surface area (Å²) < 4.78 is 12.0. The summed E-state index contributed by atoms with van der Waals surface area (Å²) in [4.78, 5) is 21.0. The minimum absolute atomic E-state index is 0.0996. The van der Waals surface area contributed by atoms with E-state index in [0.29, 0.717) is 12.1 Å². The molecule has 5 nitrogen and oxygen atoms in total. The molecule has 0 radical (unpaired) electrons. The second-order valence-corrected chi connectivity index (χ2v) is 3.66. The molecule has 0 fully saturated rings. The average Bonchev–Trinajstić information content (AvgIpc) is 2.55. The Morgan fingerprint density at radius 3 is 2.93 bits per heavy atom. The van der Waals surface area contributed by atoms with Crippen molar-refractivity contribution in [3.05, 3.63) is 0 Å². The zero-order chi connectivity index (χ0) is 11.5. The van der Waals surface area contributed by atoms with Crippen molar-refractivity contribution >= 4 is 17.4 Å². The van der Waals surface area contributed by atoms with Crippen LogP contribution in [0.2, 0.25) is 0 Å².